The van der Waals surface area contributed by atoms with Gasteiger partial charge >= 0.3 is 0 Å². The number of benzene rings is 2. The third-order valence-electron chi connectivity index (χ3n) is 7.11. The molecule has 1 aliphatic heterocycles. The summed E-state index contributed by atoms with van der Waals surface area (Å²) in [6, 6.07) is 14.9. The Morgan fingerprint density at radius 2 is 1.80 bits per heavy atom. The summed E-state index contributed by atoms with van der Waals surface area (Å²) in [6.07, 6.45) is 1.15. The van der Waals surface area contributed by atoms with Crippen LogP contribution in [0.1, 0.15) is 59.1 Å². The van der Waals surface area contributed by atoms with Crippen LogP contribution < -0.4 is 15.0 Å². The molecule has 2 aromatic carbocycles. The van der Waals surface area contributed by atoms with Crippen LogP contribution >= 0.6 is 0 Å². The number of methoxy groups -OCH3 is 1. The van der Waals surface area contributed by atoms with Crippen LogP contribution in [0.3, 0.4) is 0 Å². The second kappa shape index (κ2) is 12.9. The van der Waals surface area contributed by atoms with Gasteiger partial charge in [0, 0.05) is 31.9 Å². The Labute approximate surface area is 211 Å². The third-order valence-corrected chi connectivity index (χ3v) is 7.11. The average molecular weight is 484 g/mol. The highest BCUT2D eigenvalue weighted by molar-refractivity contribution is 5.50. The fourth-order valence-corrected chi connectivity index (χ4v) is 4.30. The summed E-state index contributed by atoms with van der Waals surface area (Å²) in [7, 11) is 1.47. The Kier molecular flexibility index (Phi) is 10.5. The van der Waals surface area contributed by atoms with E-state index in [-0.39, 0.29) is 28.5 Å². The van der Waals surface area contributed by atoms with Crippen LogP contribution in [0.15, 0.2) is 42.5 Å². The summed E-state index contributed by atoms with van der Waals surface area (Å²) >= 11 is 0. The summed E-state index contributed by atoms with van der Waals surface area (Å²) in [6.45, 7) is 17.0. The lowest BCUT2D eigenvalue weighted by Crippen LogP contribution is -2.47. The molecular weight excluding hydrogens is 441 g/mol. The molecule has 1 atom stereocenters. The number of hydrogen-bond acceptors (Lipinski definition) is 5. The van der Waals surface area contributed by atoms with E-state index in [2.05, 4.69) is 44.0 Å². The molecule has 1 fully saturated rings. The second-order valence-electron chi connectivity index (χ2n) is 10.2. The molecule has 1 N–H and O–H groups in total. The summed E-state index contributed by atoms with van der Waals surface area (Å²) in [5.74, 6) is -0.123. The van der Waals surface area contributed by atoms with E-state index in [1.54, 1.807) is 6.07 Å². The number of morpholine rings is 1. The highest BCUT2D eigenvalue weighted by Crippen LogP contribution is 2.44. The minimum Gasteiger partial charge on any atom is -0.494 e. The molecule has 0 amide bonds. The number of halogens is 1. The van der Waals surface area contributed by atoms with Crippen LogP contribution in [0.25, 0.3) is 0 Å². The highest BCUT2D eigenvalue weighted by atomic mass is 19.1. The fraction of sp³-hybridized carbons (Fsp3) is 0.552. The fourth-order valence-electron chi connectivity index (χ4n) is 4.30. The van der Waals surface area contributed by atoms with Gasteiger partial charge in [0.2, 0.25) is 0 Å². The van der Waals surface area contributed by atoms with Crippen molar-refractivity contribution in [2.45, 2.75) is 60.6 Å². The zero-order valence-corrected chi connectivity index (χ0v) is 22.5. The number of hydrogen-bond donors (Lipinski definition) is 1. The number of nitrogens with zero attached hydrogens (tertiary/aromatic N) is 2. The Balaban J connectivity index is 0.00000210. The molecule has 6 heteroatoms. The molecule has 0 spiro atoms. The summed E-state index contributed by atoms with van der Waals surface area (Å²) < 4.78 is 25.5. The van der Waals surface area contributed by atoms with E-state index in [0.29, 0.717) is 12.1 Å². The van der Waals surface area contributed by atoms with E-state index >= 15 is 0 Å². The van der Waals surface area contributed by atoms with Crippen molar-refractivity contribution in [2.75, 3.05) is 38.3 Å². The van der Waals surface area contributed by atoms with Gasteiger partial charge in [-0.2, -0.15) is 5.26 Å². The number of ether oxygens (including phenoxy) is 2. The minimum absolute atomic E-state index is 0.00725. The van der Waals surface area contributed by atoms with E-state index < -0.39 is 0 Å². The molecule has 2 aromatic rings. The molecule has 0 saturated carbocycles. The van der Waals surface area contributed by atoms with Crippen LogP contribution in [0, 0.1) is 28.0 Å². The molecule has 0 bridgehead atoms. The first kappa shape index (κ1) is 28.6. The zero-order chi connectivity index (χ0) is 26.1. The van der Waals surface area contributed by atoms with Crippen molar-refractivity contribution in [1.82, 2.24) is 5.32 Å². The van der Waals surface area contributed by atoms with E-state index in [9.17, 15) is 9.65 Å². The predicted molar refractivity (Wildman–Crippen MR) is 141 cm³/mol. The lowest BCUT2D eigenvalue weighted by Gasteiger charge is -2.47. The monoisotopic (exact) mass is 483 g/mol. The maximum absolute atomic E-state index is 14.4. The summed E-state index contributed by atoms with van der Waals surface area (Å²) in [4.78, 5) is 2.27. The molecule has 0 aromatic heterocycles. The predicted octanol–water partition coefficient (Wildman–Crippen LogP) is 6.17. The van der Waals surface area contributed by atoms with Gasteiger partial charge in [0.25, 0.3) is 0 Å². The van der Waals surface area contributed by atoms with Gasteiger partial charge in [-0.1, -0.05) is 47.6 Å². The number of nitriles is 1. The molecular formula is C29H42FN3O2. The Morgan fingerprint density at radius 3 is 2.34 bits per heavy atom. The maximum atomic E-state index is 14.4. The van der Waals surface area contributed by atoms with Crippen molar-refractivity contribution in [3.8, 4) is 11.8 Å². The van der Waals surface area contributed by atoms with Crippen molar-refractivity contribution >= 4 is 5.69 Å². The second-order valence-corrected chi connectivity index (χ2v) is 10.2. The van der Waals surface area contributed by atoms with Gasteiger partial charge in [-0.05, 0) is 59.2 Å². The van der Waals surface area contributed by atoms with E-state index in [1.807, 2.05) is 44.2 Å². The molecule has 5 nitrogen and oxygen atoms in total. The molecule has 0 aliphatic carbocycles. The quantitative estimate of drug-likeness (QED) is 0.462. The lowest BCUT2D eigenvalue weighted by molar-refractivity contribution is -0.0256. The van der Waals surface area contributed by atoms with Gasteiger partial charge in [0.1, 0.15) is 0 Å². The largest absolute Gasteiger partial charge is 0.494 e. The molecule has 35 heavy (non-hydrogen) atoms. The molecule has 1 unspecified atom stereocenters. The SMILES string of the molecule is CC.COc1ccc(CN(CC(C)(C)C(C)(C)CC2CNCCO2)c2ccc(C#N)cc2)cc1F. The first-order valence-corrected chi connectivity index (χ1v) is 12.5. The molecule has 192 valence electrons. The molecule has 0 radical (unpaired) electrons. The van der Waals surface area contributed by atoms with Gasteiger partial charge in [-0.25, -0.2) is 4.39 Å². The van der Waals surface area contributed by atoms with Crippen LogP contribution in [-0.2, 0) is 11.3 Å². The number of nitrogens with one attached hydrogen (secondary N) is 1. The van der Waals surface area contributed by atoms with Crippen molar-refractivity contribution in [3.05, 3.63) is 59.4 Å². The topological polar surface area (TPSA) is 57.5 Å². The van der Waals surface area contributed by atoms with E-state index in [4.69, 9.17) is 9.47 Å². The van der Waals surface area contributed by atoms with E-state index in [0.717, 1.165) is 43.9 Å². The van der Waals surface area contributed by atoms with Crippen LogP contribution in [0.2, 0.25) is 0 Å². The Hall–Kier alpha value is -2.62. The molecule has 1 aliphatic rings. The van der Waals surface area contributed by atoms with Gasteiger partial charge in [0.15, 0.2) is 11.6 Å². The number of anilines is 1. The molecule has 1 saturated heterocycles. The van der Waals surface area contributed by atoms with Crippen LogP contribution in [0.4, 0.5) is 10.1 Å². The Morgan fingerprint density at radius 1 is 1.11 bits per heavy atom. The lowest BCUT2D eigenvalue weighted by atomic mass is 9.64. The van der Waals surface area contributed by atoms with Crippen LogP contribution in [0.5, 0.6) is 5.75 Å². The normalized spacial score (nSPS) is 16.0. The summed E-state index contributed by atoms with van der Waals surface area (Å²) in [5, 5.41) is 12.6. The Bertz CT molecular complexity index is 961. The molecule has 3 rings (SSSR count). The van der Waals surface area contributed by atoms with Crippen LogP contribution in [-0.4, -0.2) is 39.5 Å². The van der Waals surface area contributed by atoms with Crippen molar-refractivity contribution in [2.24, 2.45) is 10.8 Å². The highest BCUT2D eigenvalue weighted by Gasteiger charge is 2.40. The van der Waals surface area contributed by atoms with Crippen molar-refractivity contribution in [1.29, 1.82) is 5.26 Å². The molecule has 1 heterocycles. The van der Waals surface area contributed by atoms with Gasteiger partial charge in [0.05, 0.1) is 31.5 Å². The smallest absolute Gasteiger partial charge is 0.165 e. The third kappa shape index (κ3) is 7.68. The standard InChI is InChI=1S/C27H36FN3O2.C2H6/c1-26(2,15-23-17-30-12-13-33-23)27(3,4)19-31(22-9-6-20(16-29)7-10-22)18-21-8-11-25(32-5)24(28)14-21;1-2/h6-11,14,23,30H,12-13,15,17-19H2,1-5H3;1-2H3. The van der Waals surface area contributed by atoms with Crippen molar-refractivity contribution in [3.63, 3.8) is 0 Å². The van der Waals surface area contributed by atoms with Crippen molar-refractivity contribution < 1.29 is 13.9 Å². The first-order valence-electron chi connectivity index (χ1n) is 12.5. The van der Waals surface area contributed by atoms with Gasteiger partial charge < -0.3 is 19.7 Å². The zero-order valence-electron chi connectivity index (χ0n) is 22.5. The average Bonchev–Trinajstić information content (AvgIpc) is 2.85. The number of rotatable bonds is 9. The summed E-state index contributed by atoms with van der Waals surface area (Å²) in [5.41, 5.74) is 2.41. The van der Waals surface area contributed by atoms with Gasteiger partial charge in [-0.15, -0.1) is 0 Å². The first-order chi connectivity index (χ1) is 16.6. The minimum atomic E-state index is -0.365. The maximum Gasteiger partial charge on any atom is 0.165 e. The van der Waals surface area contributed by atoms with Gasteiger partial charge in [-0.3, -0.25) is 0 Å². The van der Waals surface area contributed by atoms with E-state index in [1.165, 1.54) is 13.2 Å².